The molecule has 1 aromatic heterocycles. The smallest absolute Gasteiger partial charge is 0.225 e. The van der Waals surface area contributed by atoms with Crippen molar-refractivity contribution >= 4 is 35.0 Å². The number of nitriles is 1. The maximum Gasteiger partial charge on any atom is 0.225 e. The minimum atomic E-state index is -0.0898. The van der Waals surface area contributed by atoms with Crippen molar-refractivity contribution in [3.05, 3.63) is 52.7 Å². The lowest BCUT2D eigenvalue weighted by Crippen LogP contribution is -2.12. The largest absolute Gasteiger partial charge is 0.326 e. The number of rotatable bonds is 7. The number of carbonyl (C=O) groups excluding carboxylic acids is 1. The third-order valence-electron chi connectivity index (χ3n) is 3.22. The summed E-state index contributed by atoms with van der Waals surface area (Å²) in [7, 11) is 0. The van der Waals surface area contributed by atoms with Crippen LogP contribution in [0.3, 0.4) is 0 Å². The molecule has 24 heavy (non-hydrogen) atoms. The molecule has 0 spiro atoms. The van der Waals surface area contributed by atoms with E-state index in [0.717, 1.165) is 18.5 Å². The molecule has 0 aliphatic heterocycles. The Bertz CT molecular complexity index is 758. The molecule has 1 heterocycles. The summed E-state index contributed by atoms with van der Waals surface area (Å²) in [5, 5.41) is 13.3. The van der Waals surface area contributed by atoms with Crippen LogP contribution in [0.4, 0.5) is 5.69 Å². The first-order valence-electron chi connectivity index (χ1n) is 7.70. The number of benzene rings is 1. The molecule has 0 saturated carbocycles. The Morgan fingerprint density at radius 2 is 2.21 bits per heavy atom. The number of hydrogen-bond donors (Lipinski definition) is 1. The van der Waals surface area contributed by atoms with E-state index < -0.39 is 0 Å². The number of nitrogens with one attached hydrogen (secondary N) is 1. The molecule has 4 nitrogen and oxygen atoms in total. The summed E-state index contributed by atoms with van der Waals surface area (Å²) >= 11 is 7.33. The lowest BCUT2D eigenvalue weighted by atomic mass is 10.2. The number of nitrogens with zero attached hydrogens (tertiary/aromatic N) is 2. The molecule has 6 heteroatoms. The molecule has 0 aliphatic rings. The average molecular weight is 360 g/mol. The van der Waals surface area contributed by atoms with Gasteiger partial charge < -0.3 is 5.32 Å². The molecule has 1 aromatic carbocycles. The Morgan fingerprint density at radius 1 is 1.38 bits per heavy atom. The van der Waals surface area contributed by atoms with E-state index in [-0.39, 0.29) is 5.91 Å². The Morgan fingerprint density at radius 3 is 2.92 bits per heavy atom. The minimum absolute atomic E-state index is 0.0898. The number of anilines is 1. The number of carbonyl (C=O) groups is 1. The highest BCUT2D eigenvalue weighted by atomic mass is 35.5. The predicted molar refractivity (Wildman–Crippen MR) is 98.4 cm³/mol. The molecule has 1 amide bonds. The quantitative estimate of drug-likeness (QED) is 0.729. The molecule has 0 atom stereocenters. The molecular formula is C18H18ClN3OS. The van der Waals surface area contributed by atoms with Crippen LogP contribution in [-0.2, 0) is 11.2 Å². The first-order valence-corrected chi connectivity index (χ1v) is 9.07. The maximum atomic E-state index is 12.0. The number of aromatic nitrogens is 1. The van der Waals surface area contributed by atoms with Gasteiger partial charge in [-0.15, -0.1) is 11.8 Å². The van der Waals surface area contributed by atoms with E-state index >= 15 is 0 Å². The second-order valence-corrected chi connectivity index (χ2v) is 6.69. The predicted octanol–water partition coefficient (Wildman–Crippen LogP) is 4.68. The van der Waals surface area contributed by atoms with Gasteiger partial charge in [-0.2, -0.15) is 5.26 Å². The van der Waals surface area contributed by atoms with Crippen molar-refractivity contribution in [3.63, 3.8) is 0 Å². The first-order chi connectivity index (χ1) is 11.6. The SMILES string of the molecule is CCCc1ccc(C#N)c(SCCC(=O)Nc2cccc(Cl)c2)n1. The third kappa shape index (κ3) is 5.55. The van der Waals surface area contributed by atoms with Crippen molar-refractivity contribution in [1.29, 1.82) is 5.26 Å². The van der Waals surface area contributed by atoms with Crippen LogP contribution >= 0.6 is 23.4 Å². The average Bonchev–Trinajstić information content (AvgIpc) is 2.55. The molecule has 2 aromatic rings. The molecule has 0 aliphatic carbocycles. The highest BCUT2D eigenvalue weighted by molar-refractivity contribution is 7.99. The van der Waals surface area contributed by atoms with Gasteiger partial charge in [0, 0.05) is 28.6 Å². The van der Waals surface area contributed by atoms with Gasteiger partial charge in [0.05, 0.1) is 5.56 Å². The van der Waals surface area contributed by atoms with Crippen molar-refractivity contribution in [1.82, 2.24) is 4.98 Å². The van der Waals surface area contributed by atoms with Crippen LogP contribution in [0.15, 0.2) is 41.4 Å². The van der Waals surface area contributed by atoms with Gasteiger partial charge in [-0.05, 0) is 36.8 Å². The van der Waals surface area contributed by atoms with Crippen LogP contribution < -0.4 is 5.32 Å². The van der Waals surface area contributed by atoms with Crippen molar-refractivity contribution in [3.8, 4) is 6.07 Å². The summed E-state index contributed by atoms with van der Waals surface area (Å²) in [5.41, 5.74) is 2.20. The molecule has 1 N–H and O–H groups in total. The molecule has 0 bridgehead atoms. The fraction of sp³-hybridized carbons (Fsp3) is 0.278. The monoisotopic (exact) mass is 359 g/mol. The third-order valence-corrected chi connectivity index (χ3v) is 4.45. The first kappa shape index (κ1) is 18.3. The van der Waals surface area contributed by atoms with E-state index in [1.807, 2.05) is 6.07 Å². The van der Waals surface area contributed by atoms with Crippen LogP contribution in [0, 0.1) is 11.3 Å². The molecular weight excluding hydrogens is 342 g/mol. The number of aryl methyl sites for hydroxylation is 1. The van der Waals surface area contributed by atoms with E-state index in [2.05, 4.69) is 23.3 Å². The normalized spacial score (nSPS) is 10.2. The van der Waals surface area contributed by atoms with Gasteiger partial charge in [-0.3, -0.25) is 4.79 Å². The fourth-order valence-electron chi connectivity index (χ4n) is 2.10. The zero-order valence-electron chi connectivity index (χ0n) is 13.4. The highest BCUT2D eigenvalue weighted by Crippen LogP contribution is 2.22. The van der Waals surface area contributed by atoms with Gasteiger partial charge in [-0.25, -0.2) is 4.98 Å². The molecule has 124 valence electrons. The van der Waals surface area contributed by atoms with Gasteiger partial charge in [0.2, 0.25) is 5.91 Å². The number of hydrogen-bond acceptors (Lipinski definition) is 4. The fourth-order valence-corrected chi connectivity index (χ4v) is 3.22. The maximum absolute atomic E-state index is 12.0. The number of halogens is 1. The van der Waals surface area contributed by atoms with Gasteiger partial charge in [0.25, 0.3) is 0 Å². The van der Waals surface area contributed by atoms with Crippen LogP contribution in [-0.4, -0.2) is 16.6 Å². The zero-order chi connectivity index (χ0) is 17.4. The van der Waals surface area contributed by atoms with E-state index in [1.54, 1.807) is 30.3 Å². The van der Waals surface area contributed by atoms with Crippen molar-refractivity contribution in [2.45, 2.75) is 31.2 Å². The second-order valence-electron chi connectivity index (χ2n) is 5.17. The summed E-state index contributed by atoms with van der Waals surface area (Å²) in [4.78, 5) is 16.5. The summed E-state index contributed by atoms with van der Waals surface area (Å²) in [6.07, 6.45) is 2.22. The Kier molecular flexibility index (Phi) is 7.10. The number of thioether (sulfide) groups is 1. The van der Waals surface area contributed by atoms with Crippen molar-refractivity contribution < 1.29 is 4.79 Å². The highest BCUT2D eigenvalue weighted by Gasteiger charge is 2.08. The second kappa shape index (κ2) is 9.31. The van der Waals surface area contributed by atoms with E-state index in [1.165, 1.54) is 11.8 Å². The van der Waals surface area contributed by atoms with Crippen LogP contribution in [0.2, 0.25) is 5.02 Å². The molecule has 0 saturated heterocycles. The standard InChI is InChI=1S/C18H18ClN3OS/c1-2-4-15-8-7-13(12-20)18(22-15)24-10-9-17(23)21-16-6-3-5-14(19)11-16/h3,5-8,11H,2,4,9-10H2,1H3,(H,21,23). The zero-order valence-corrected chi connectivity index (χ0v) is 15.0. The summed E-state index contributed by atoms with van der Waals surface area (Å²) in [6, 6.07) is 12.9. The van der Waals surface area contributed by atoms with Crippen molar-refractivity contribution in [2.24, 2.45) is 0 Å². The molecule has 0 radical (unpaired) electrons. The van der Waals surface area contributed by atoms with Gasteiger partial charge in [-0.1, -0.05) is 31.0 Å². The van der Waals surface area contributed by atoms with E-state index in [9.17, 15) is 10.1 Å². The number of amides is 1. The van der Waals surface area contributed by atoms with Gasteiger partial charge in [0.15, 0.2) is 0 Å². The summed E-state index contributed by atoms with van der Waals surface area (Å²) in [6.45, 7) is 2.09. The molecule has 0 unspecified atom stereocenters. The Balaban J connectivity index is 1.90. The van der Waals surface area contributed by atoms with E-state index in [4.69, 9.17) is 11.6 Å². The summed E-state index contributed by atoms with van der Waals surface area (Å²) in [5.74, 6) is 0.469. The summed E-state index contributed by atoms with van der Waals surface area (Å²) < 4.78 is 0. The topological polar surface area (TPSA) is 65.8 Å². The molecule has 0 fully saturated rings. The Labute approximate surface area is 151 Å². The van der Waals surface area contributed by atoms with Gasteiger partial charge in [0.1, 0.15) is 11.1 Å². The Hall–Kier alpha value is -2.03. The van der Waals surface area contributed by atoms with Crippen molar-refractivity contribution in [2.75, 3.05) is 11.1 Å². The van der Waals surface area contributed by atoms with Crippen LogP contribution in [0.1, 0.15) is 31.0 Å². The van der Waals surface area contributed by atoms with E-state index in [0.29, 0.717) is 33.5 Å². The van der Waals surface area contributed by atoms with Crippen LogP contribution in [0.25, 0.3) is 0 Å². The lowest BCUT2D eigenvalue weighted by Gasteiger charge is -2.07. The van der Waals surface area contributed by atoms with Crippen LogP contribution in [0.5, 0.6) is 0 Å². The lowest BCUT2D eigenvalue weighted by molar-refractivity contribution is -0.115. The minimum Gasteiger partial charge on any atom is -0.326 e. The van der Waals surface area contributed by atoms with Gasteiger partial charge >= 0.3 is 0 Å². The molecule has 2 rings (SSSR count). The number of pyridine rings is 1.